The van der Waals surface area contributed by atoms with Gasteiger partial charge in [0.05, 0.1) is 5.41 Å². The Morgan fingerprint density at radius 1 is 1.20 bits per heavy atom. The zero-order chi connectivity index (χ0) is 19.7. The van der Waals surface area contributed by atoms with Crippen LogP contribution in [0.5, 0.6) is 0 Å². The van der Waals surface area contributed by atoms with Crippen LogP contribution in [0.4, 0.5) is 8.78 Å². The van der Waals surface area contributed by atoms with E-state index in [4.69, 9.17) is 9.29 Å². The van der Waals surface area contributed by atoms with Gasteiger partial charge in [-0.05, 0) is 33.1 Å². The molecule has 1 rings (SSSR count). The van der Waals surface area contributed by atoms with Crippen molar-refractivity contribution in [2.24, 2.45) is 5.41 Å². The van der Waals surface area contributed by atoms with Gasteiger partial charge >= 0.3 is 20.7 Å². The maximum Gasteiger partial charge on any atom is 0.484 e. The molecule has 0 bridgehead atoms. The molecule has 0 aromatic carbocycles. The van der Waals surface area contributed by atoms with Gasteiger partial charge in [-0.3, -0.25) is 9.35 Å². The number of piperidine rings is 1. The minimum Gasteiger partial charge on any atom is -0.462 e. The Bertz CT molecular complexity index is 696. The van der Waals surface area contributed by atoms with E-state index in [9.17, 15) is 30.4 Å². The summed E-state index contributed by atoms with van der Waals surface area (Å²) < 4.78 is 80.5. The topological polar surface area (TPSA) is 118 Å². The lowest BCUT2D eigenvalue weighted by Crippen LogP contribution is -2.51. The van der Waals surface area contributed by atoms with Crippen molar-refractivity contribution >= 4 is 26.1 Å². The number of carbonyl (C=O) groups excluding carboxylic acids is 1. The fourth-order valence-electron chi connectivity index (χ4n) is 2.51. The normalized spacial score (nSPS) is 19.0. The Balaban J connectivity index is 2.75. The molecule has 12 heteroatoms. The van der Waals surface area contributed by atoms with Crippen molar-refractivity contribution in [1.82, 2.24) is 4.31 Å². The van der Waals surface area contributed by atoms with Crippen LogP contribution in [0.3, 0.4) is 0 Å². The minimum absolute atomic E-state index is 0.0469. The molecule has 1 aliphatic heterocycles. The highest BCUT2D eigenvalue weighted by Gasteiger charge is 2.60. The molecule has 0 unspecified atom stereocenters. The third-order valence-corrected chi connectivity index (χ3v) is 7.55. The molecule has 25 heavy (non-hydrogen) atoms. The second-order valence-corrected chi connectivity index (χ2v) is 10.3. The number of esters is 1. The van der Waals surface area contributed by atoms with Crippen LogP contribution in [0.25, 0.3) is 0 Å². The minimum atomic E-state index is -6.12. The third-order valence-electron chi connectivity index (χ3n) is 4.04. The Morgan fingerprint density at radius 2 is 1.68 bits per heavy atom. The molecule has 8 nitrogen and oxygen atoms in total. The van der Waals surface area contributed by atoms with E-state index in [2.05, 4.69) is 0 Å². The SMILES string of the molecule is CCCC(C)(C)C(=O)OC1CCN(S(=O)(=O)C(F)(F)S(=O)(=O)O)CC1. The van der Waals surface area contributed by atoms with Crippen LogP contribution in [0.2, 0.25) is 0 Å². The van der Waals surface area contributed by atoms with Crippen molar-refractivity contribution in [3.63, 3.8) is 0 Å². The molecule has 0 aromatic rings. The molecule has 148 valence electrons. The smallest absolute Gasteiger partial charge is 0.462 e. The van der Waals surface area contributed by atoms with Gasteiger partial charge in [0.25, 0.3) is 10.0 Å². The zero-order valence-corrected chi connectivity index (χ0v) is 15.9. The zero-order valence-electron chi connectivity index (χ0n) is 14.2. The molecule has 0 atom stereocenters. The van der Waals surface area contributed by atoms with Gasteiger partial charge in [0, 0.05) is 13.1 Å². The van der Waals surface area contributed by atoms with Gasteiger partial charge in [-0.25, -0.2) is 8.42 Å². The van der Waals surface area contributed by atoms with Gasteiger partial charge in [0.2, 0.25) is 0 Å². The lowest BCUT2D eigenvalue weighted by molar-refractivity contribution is -0.161. The van der Waals surface area contributed by atoms with E-state index in [0.29, 0.717) is 6.42 Å². The summed E-state index contributed by atoms with van der Waals surface area (Å²) >= 11 is 0. The highest BCUT2D eigenvalue weighted by atomic mass is 32.3. The van der Waals surface area contributed by atoms with Crippen molar-refractivity contribution in [3.8, 4) is 0 Å². The number of carbonyl (C=O) groups is 1. The number of hydrogen-bond acceptors (Lipinski definition) is 6. The standard InChI is InChI=1S/C13H23F2NO7S2/c1-4-7-12(2,3)11(17)23-10-5-8-16(9-6-10)24(18,19)13(14,15)25(20,21)22/h10H,4-9H2,1-3H3,(H,20,21,22). The third kappa shape index (κ3) is 4.66. The van der Waals surface area contributed by atoms with Crippen LogP contribution in [0.15, 0.2) is 0 Å². The number of sulfonamides is 1. The molecule has 1 fully saturated rings. The van der Waals surface area contributed by atoms with Gasteiger partial charge in [0.15, 0.2) is 0 Å². The van der Waals surface area contributed by atoms with Crippen LogP contribution in [-0.4, -0.2) is 55.4 Å². The van der Waals surface area contributed by atoms with Crippen LogP contribution in [0.1, 0.15) is 46.5 Å². The first-order valence-corrected chi connectivity index (χ1v) is 10.6. The second-order valence-electron chi connectivity index (χ2n) is 6.58. The van der Waals surface area contributed by atoms with Crippen molar-refractivity contribution in [1.29, 1.82) is 0 Å². The van der Waals surface area contributed by atoms with E-state index in [1.807, 2.05) is 6.92 Å². The molecular formula is C13H23F2NO7S2. The largest absolute Gasteiger partial charge is 0.484 e. The molecular weight excluding hydrogens is 384 g/mol. The summed E-state index contributed by atoms with van der Waals surface area (Å²) in [5.41, 5.74) is -0.712. The van der Waals surface area contributed by atoms with E-state index >= 15 is 0 Å². The van der Waals surface area contributed by atoms with E-state index in [1.54, 1.807) is 13.8 Å². The molecule has 0 aromatic heterocycles. The van der Waals surface area contributed by atoms with E-state index < -0.39 is 55.3 Å². The fourth-order valence-corrected chi connectivity index (χ4v) is 4.88. The molecule has 1 saturated heterocycles. The predicted molar refractivity (Wildman–Crippen MR) is 84.8 cm³/mol. The quantitative estimate of drug-likeness (QED) is 0.503. The number of ether oxygens (including phenoxy) is 1. The highest BCUT2D eigenvalue weighted by Crippen LogP contribution is 2.33. The Kier molecular flexibility index (Phi) is 6.58. The Labute approximate surface area is 146 Å². The number of halogens is 2. The molecule has 0 amide bonds. The maximum absolute atomic E-state index is 13.5. The van der Waals surface area contributed by atoms with Crippen molar-refractivity contribution < 1.29 is 39.7 Å². The molecule has 0 spiro atoms. The second kappa shape index (κ2) is 7.41. The van der Waals surface area contributed by atoms with Crippen molar-refractivity contribution in [3.05, 3.63) is 0 Å². The molecule has 1 heterocycles. The fraction of sp³-hybridized carbons (Fsp3) is 0.923. The predicted octanol–water partition coefficient (Wildman–Crippen LogP) is 1.59. The lowest BCUT2D eigenvalue weighted by atomic mass is 9.88. The summed E-state index contributed by atoms with van der Waals surface area (Å²) in [5.74, 6) is -0.459. The number of nitrogens with zero attached hydrogens (tertiary/aromatic N) is 1. The van der Waals surface area contributed by atoms with Gasteiger partial charge in [-0.2, -0.15) is 21.5 Å². The number of alkyl halides is 2. The average Bonchev–Trinajstić information content (AvgIpc) is 2.46. The number of hydrogen-bond donors (Lipinski definition) is 1. The Morgan fingerprint density at radius 3 is 2.08 bits per heavy atom. The first-order chi connectivity index (χ1) is 11.2. The van der Waals surface area contributed by atoms with Gasteiger partial charge < -0.3 is 4.74 Å². The van der Waals surface area contributed by atoms with Crippen molar-refractivity contribution in [2.45, 2.75) is 57.1 Å². The van der Waals surface area contributed by atoms with Crippen LogP contribution >= 0.6 is 0 Å². The van der Waals surface area contributed by atoms with Crippen molar-refractivity contribution in [2.75, 3.05) is 13.1 Å². The van der Waals surface area contributed by atoms with Gasteiger partial charge in [0.1, 0.15) is 6.10 Å². The van der Waals surface area contributed by atoms with Crippen LogP contribution in [-0.2, 0) is 29.7 Å². The average molecular weight is 407 g/mol. The summed E-state index contributed by atoms with van der Waals surface area (Å²) in [4.78, 5) is 12.1. The van der Waals surface area contributed by atoms with Gasteiger partial charge in [-0.1, -0.05) is 13.3 Å². The van der Waals surface area contributed by atoms with E-state index in [1.165, 1.54) is 0 Å². The monoisotopic (exact) mass is 407 g/mol. The van der Waals surface area contributed by atoms with Gasteiger partial charge in [-0.15, -0.1) is 0 Å². The maximum atomic E-state index is 13.5. The summed E-state index contributed by atoms with van der Waals surface area (Å²) in [6.45, 7) is 4.45. The van der Waals surface area contributed by atoms with Crippen LogP contribution < -0.4 is 0 Å². The first kappa shape index (κ1) is 22.2. The molecule has 0 saturated carbocycles. The van der Waals surface area contributed by atoms with E-state index in [-0.39, 0.29) is 17.1 Å². The Hall–Kier alpha value is -0.850. The lowest BCUT2D eigenvalue weighted by Gasteiger charge is -2.33. The molecule has 1 N–H and O–H groups in total. The molecule has 0 aliphatic carbocycles. The summed E-state index contributed by atoms with van der Waals surface area (Å²) in [7, 11) is -11.7. The summed E-state index contributed by atoms with van der Waals surface area (Å²) in [5, 5.41) is 0. The van der Waals surface area contributed by atoms with Crippen LogP contribution in [0, 0.1) is 5.41 Å². The molecule has 1 aliphatic rings. The summed E-state index contributed by atoms with van der Waals surface area (Å²) in [6, 6.07) is 0. The summed E-state index contributed by atoms with van der Waals surface area (Å²) in [6.07, 6.45) is 0.626. The van der Waals surface area contributed by atoms with E-state index in [0.717, 1.165) is 6.42 Å². The number of rotatable bonds is 7. The molecule has 0 radical (unpaired) electrons. The first-order valence-electron chi connectivity index (χ1n) is 7.72. The highest BCUT2D eigenvalue weighted by molar-refractivity contribution is 8.06.